The van der Waals surface area contributed by atoms with Gasteiger partial charge < -0.3 is 5.11 Å². The standard InChI is InChI=1S/C10H13NO3S/c1-2-15(11,14)9-5-3-8(4-6-9)7-10(12)13/h3-6,11H,2,7H2,1H3,(H,12,13)/t15-/m1/s1. The lowest BCUT2D eigenvalue weighted by atomic mass is 10.2. The summed E-state index contributed by atoms with van der Waals surface area (Å²) >= 11 is 0. The second-order valence-electron chi connectivity index (χ2n) is 3.18. The van der Waals surface area contributed by atoms with Crippen molar-refractivity contribution in [3.05, 3.63) is 29.8 Å². The van der Waals surface area contributed by atoms with Crippen molar-refractivity contribution in [2.75, 3.05) is 5.75 Å². The fourth-order valence-corrected chi connectivity index (χ4v) is 2.08. The number of carboxylic acids is 1. The Morgan fingerprint density at radius 1 is 1.40 bits per heavy atom. The van der Waals surface area contributed by atoms with Gasteiger partial charge in [-0.3, -0.25) is 4.79 Å². The molecule has 1 aromatic carbocycles. The Bertz CT molecular complexity index is 448. The van der Waals surface area contributed by atoms with Crippen LogP contribution in [0.1, 0.15) is 12.5 Å². The van der Waals surface area contributed by atoms with E-state index in [1.54, 1.807) is 31.2 Å². The molecule has 0 heterocycles. The number of hydrogen-bond acceptors (Lipinski definition) is 3. The van der Waals surface area contributed by atoms with Crippen LogP contribution in [0.5, 0.6) is 0 Å². The molecule has 1 rings (SSSR count). The third-order valence-electron chi connectivity index (χ3n) is 2.07. The first kappa shape index (κ1) is 11.7. The summed E-state index contributed by atoms with van der Waals surface area (Å²) in [5.41, 5.74) is 0.651. The van der Waals surface area contributed by atoms with Crippen LogP contribution in [-0.4, -0.2) is 21.0 Å². The summed E-state index contributed by atoms with van der Waals surface area (Å²) in [6.45, 7) is 1.69. The number of rotatable bonds is 4. The van der Waals surface area contributed by atoms with Crippen LogP contribution in [0.2, 0.25) is 0 Å². The maximum absolute atomic E-state index is 11.6. The summed E-state index contributed by atoms with van der Waals surface area (Å²) in [5.74, 6) is -0.629. The Labute approximate surface area is 88.9 Å². The van der Waals surface area contributed by atoms with Crippen LogP contribution < -0.4 is 0 Å². The molecule has 0 aliphatic carbocycles. The lowest BCUT2D eigenvalue weighted by Gasteiger charge is -2.04. The molecule has 0 amide bonds. The topological polar surface area (TPSA) is 78.2 Å². The van der Waals surface area contributed by atoms with Crippen molar-refractivity contribution in [1.82, 2.24) is 0 Å². The highest BCUT2D eigenvalue weighted by atomic mass is 32.2. The lowest BCUT2D eigenvalue weighted by molar-refractivity contribution is -0.136. The van der Waals surface area contributed by atoms with Crippen molar-refractivity contribution in [3.63, 3.8) is 0 Å². The third kappa shape index (κ3) is 3.06. The minimum absolute atomic E-state index is 0.0500. The molecule has 0 bridgehead atoms. The number of nitrogens with one attached hydrogen (secondary N) is 1. The van der Waals surface area contributed by atoms with E-state index in [0.717, 1.165) is 0 Å². The fraction of sp³-hybridized carbons (Fsp3) is 0.300. The van der Waals surface area contributed by atoms with Gasteiger partial charge in [-0.05, 0) is 17.7 Å². The summed E-state index contributed by atoms with van der Waals surface area (Å²) in [7, 11) is -2.69. The molecule has 2 N–H and O–H groups in total. The molecule has 0 aromatic heterocycles. The van der Waals surface area contributed by atoms with E-state index in [2.05, 4.69) is 0 Å². The van der Waals surface area contributed by atoms with Gasteiger partial charge >= 0.3 is 5.97 Å². The summed E-state index contributed by atoms with van der Waals surface area (Å²) < 4.78 is 19.2. The minimum atomic E-state index is -2.69. The molecule has 0 unspecified atom stereocenters. The van der Waals surface area contributed by atoms with Crippen molar-refractivity contribution in [2.24, 2.45) is 0 Å². The van der Waals surface area contributed by atoms with Gasteiger partial charge in [0.15, 0.2) is 0 Å². The predicted octanol–water partition coefficient (Wildman–Crippen LogP) is 1.74. The van der Waals surface area contributed by atoms with E-state index >= 15 is 0 Å². The fourth-order valence-electron chi connectivity index (χ4n) is 1.17. The van der Waals surface area contributed by atoms with Crippen LogP contribution in [0.15, 0.2) is 29.2 Å². The summed E-state index contributed by atoms with van der Waals surface area (Å²) in [6.07, 6.45) is -0.0500. The summed E-state index contributed by atoms with van der Waals surface area (Å²) in [5, 5.41) is 8.55. The molecule has 1 aromatic rings. The molecule has 0 radical (unpaired) electrons. The van der Waals surface area contributed by atoms with Gasteiger partial charge in [0.1, 0.15) is 0 Å². The predicted molar refractivity (Wildman–Crippen MR) is 57.5 cm³/mol. The molecule has 82 valence electrons. The highest BCUT2D eigenvalue weighted by Crippen LogP contribution is 2.13. The number of carboxylic acid groups (broad SMARTS) is 1. The molecule has 0 spiro atoms. The largest absolute Gasteiger partial charge is 0.481 e. The number of aliphatic carboxylic acids is 1. The van der Waals surface area contributed by atoms with Crippen LogP contribution in [0.25, 0.3) is 0 Å². The Morgan fingerprint density at radius 3 is 2.33 bits per heavy atom. The van der Waals surface area contributed by atoms with Crippen LogP contribution in [0, 0.1) is 4.78 Å². The monoisotopic (exact) mass is 227 g/mol. The third-order valence-corrected chi connectivity index (χ3v) is 3.91. The average Bonchev–Trinajstić information content (AvgIpc) is 2.18. The Kier molecular flexibility index (Phi) is 3.47. The quantitative estimate of drug-likeness (QED) is 0.822. The molecule has 5 heteroatoms. The maximum Gasteiger partial charge on any atom is 0.307 e. The molecule has 1 atom stereocenters. The zero-order valence-electron chi connectivity index (χ0n) is 8.40. The zero-order valence-corrected chi connectivity index (χ0v) is 9.21. The van der Waals surface area contributed by atoms with E-state index < -0.39 is 15.7 Å². The molecule has 0 aliphatic heterocycles. The van der Waals surface area contributed by atoms with Gasteiger partial charge in [0.25, 0.3) is 0 Å². The number of carbonyl (C=O) groups is 1. The van der Waals surface area contributed by atoms with Crippen molar-refractivity contribution in [1.29, 1.82) is 4.78 Å². The van der Waals surface area contributed by atoms with E-state index in [4.69, 9.17) is 9.89 Å². The average molecular weight is 227 g/mol. The molecule has 0 fully saturated rings. The molecule has 0 saturated carbocycles. The highest BCUT2D eigenvalue weighted by molar-refractivity contribution is 7.92. The lowest BCUT2D eigenvalue weighted by Crippen LogP contribution is -2.03. The smallest absolute Gasteiger partial charge is 0.307 e. The summed E-state index contributed by atoms with van der Waals surface area (Å²) in [6, 6.07) is 6.34. The van der Waals surface area contributed by atoms with E-state index in [0.29, 0.717) is 10.5 Å². The molecule has 0 saturated heterocycles. The Morgan fingerprint density at radius 2 is 1.93 bits per heavy atom. The van der Waals surface area contributed by atoms with Crippen molar-refractivity contribution in [2.45, 2.75) is 18.2 Å². The van der Waals surface area contributed by atoms with E-state index in [9.17, 15) is 9.00 Å². The van der Waals surface area contributed by atoms with Gasteiger partial charge in [-0.25, -0.2) is 8.99 Å². The van der Waals surface area contributed by atoms with Crippen molar-refractivity contribution >= 4 is 15.7 Å². The minimum Gasteiger partial charge on any atom is -0.481 e. The van der Waals surface area contributed by atoms with E-state index in [1.807, 2.05) is 0 Å². The van der Waals surface area contributed by atoms with Gasteiger partial charge in [-0.15, -0.1) is 0 Å². The number of hydrogen-bond donors (Lipinski definition) is 2. The number of benzene rings is 1. The van der Waals surface area contributed by atoms with Gasteiger partial charge in [0, 0.05) is 10.6 Å². The van der Waals surface area contributed by atoms with Crippen molar-refractivity contribution in [3.8, 4) is 0 Å². The SMILES string of the molecule is CC[S@@](=N)(=O)c1ccc(CC(=O)O)cc1. The highest BCUT2D eigenvalue weighted by Gasteiger charge is 2.07. The van der Waals surface area contributed by atoms with Gasteiger partial charge in [0.05, 0.1) is 16.1 Å². The molecule has 15 heavy (non-hydrogen) atoms. The van der Waals surface area contributed by atoms with E-state index in [1.165, 1.54) is 0 Å². The first-order chi connectivity index (χ1) is 6.95. The molecule has 0 aliphatic rings. The van der Waals surface area contributed by atoms with Crippen LogP contribution >= 0.6 is 0 Å². The molecular formula is C10H13NO3S. The second-order valence-corrected chi connectivity index (χ2v) is 5.58. The van der Waals surface area contributed by atoms with Crippen LogP contribution in [0.3, 0.4) is 0 Å². The molecule has 4 nitrogen and oxygen atoms in total. The van der Waals surface area contributed by atoms with Crippen molar-refractivity contribution < 1.29 is 14.1 Å². The van der Waals surface area contributed by atoms with Gasteiger partial charge in [-0.1, -0.05) is 19.1 Å². The van der Waals surface area contributed by atoms with Gasteiger partial charge in [0.2, 0.25) is 0 Å². The second kappa shape index (κ2) is 4.44. The first-order valence-electron chi connectivity index (χ1n) is 4.53. The van der Waals surface area contributed by atoms with Crippen LogP contribution in [-0.2, 0) is 20.9 Å². The molecular weight excluding hydrogens is 214 g/mol. The normalized spacial score (nSPS) is 14.5. The van der Waals surface area contributed by atoms with Crippen LogP contribution in [0.4, 0.5) is 0 Å². The maximum atomic E-state index is 11.6. The van der Waals surface area contributed by atoms with Gasteiger partial charge in [-0.2, -0.15) is 0 Å². The first-order valence-corrected chi connectivity index (χ1v) is 6.25. The van der Waals surface area contributed by atoms with E-state index in [-0.39, 0.29) is 12.2 Å². The Hall–Kier alpha value is -1.36. The zero-order chi connectivity index (χ0) is 11.5. The summed E-state index contributed by atoms with van der Waals surface area (Å²) in [4.78, 5) is 10.9. The Balaban J connectivity index is 2.95.